The zero-order valence-electron chi connectivity index (χ0n) is 13.6. The number of hydrogen-bond donors (Lipinski definition) is 1. The summed E-state index contributed by atoms with van der Waals surface area (Å²) in [7, 11) is 0. The van der Waals surface area contributed by atoms with Gasteiger partial charge in [-0.2, -0.15) is 0 Å². The fourth-order valence-electron chi connectivity index (χ4n) is 3.88. The van der Waals surface area contributed by atoms with Crippen molar-refractivity contribution in [3.63, 3.8) is 0 Å². The van der Waals surface area contributed by atoms with Crippen molar-refractivity contribution >= 4 is 6.09 Å². The monoisotopic (exact) mass is 282 g/mol. The molecule has 3 atom stereocenters. The van der Waals surface area contributed by atoms with Crippen LogP contribution in [0.2, 0.25) is 0 Å². The zero-order chi connectivity index (χ0) is 15.1. The molecule has 1 aliphatic carbocycles. The topological polar surface area (TPSA) is 55.6 Å². The van der Waals surface area contributed by atoms with Gasteiger partial charge >= 0.3 is 6.09 Å². The first-order valence-electron chi connectivity index (χ1n) is 7.88. The fourth-order valence-corrected chi connectivity index (χ4v) is 3.88. The largest absolute Gasteiger partial charge is 0.444 e. The molecule has 1 saturated carbocycles. The van der Waals surface area contributed by atoms with E-state index in [1.165, 1.54) is 6.42 Å². The summed E-state index contributed by atoms with van der Waals surface area (Å²) in [6.45, 7) is 11.9. The van der Waals surface area contributed by atoms with Crippen molar-refractivity contribution in [3.05, 3.63) is 0 Å². The average Bonchev–Trinajstić information content (AvgIpc) is 2.88. The Hall–Kier alpha value is -0.770. The quantitative estimate of drug-likeness (QED) is 0.847. The van der Waals surface area contributed by atoms with E-state index in [9.17, 15) is 4.79 Å². The third-order valence-electron chi connectivity index (χ3n) is 4.98. The van der Waals surface area contributed by atoms with E-state index in [-0.39, 0.29) is 11.5 Å². The van der Waals surface area contributed by atoms with Crippen molar-refractivity contribution in [2.24, 2.45) is 23.0 Å². The van der Waals surface area contributed by atoms with E-state index < -0.39 is 5.60 Å². The summed E-state index contributed by atoms with van der Waals surface area (Å²) in [4.78, 5) is 14.4. The van der Waals surface area contributed by atoms with E-state index in [4.69, 9.17) is 10.5 Å². The zero-order valence-corrected chi connectivity index (χ0v) is 13.6. The minimum Gasteiger partial charge on any atom is -0.444 e. The minimum absolute atomic E-state index is 0.152. The van der Waals surface area contributed by atoms with Gasteiger partial charge in [0, 0.05) is 12.6 Å². The normalized spacial score (nSPS) is 32.9. The third-order valence-corrected chi connectivity index (χ3v) is 4.98. The van der Waals surface area contributed by atoms with Crippen LogP contribution in [0.4, 0.5) is 4.79 Å². The number of carbonyl (C=O) groups excluding carboxylic acids is 1. The lowest BCUT2D eigenvalue weighted by Crippen LogP contribution is -2.48. The number of rotatable bonds is 2. The highest BCUT2D eigenvalue weighted by atomic mass is 16.6. The number of nitrogens with zero attached hydrogens (tertiary/aromatic N) is 1. The van der Waals surface area contributed by atoms with Crippen LogP contribution in [0.5, 0.6) is 0 Å². The lowest BCUT2D eigenvalue weighted by Gasteiger charge is -2.37. The highest BCUT2D eigenvalue weighted by Gasteiger charge is 2.61. The van der Waals surface area contributed by atoms with Crippen molar-refractivity contribution < 1.29 is 9.53 Å². The van der Waals surface area contributed by atoms with Crippen molar-refractivity contribution in [2.75, 3.05) is 13.1 Å². The summed E-state index contributed by atoms with van der Waals surface area (Å²) < 4.78 is 5.58. The Bertz CT molecular complexity index is 373. The molecule has 2 N–H and O–H groups in total. The van der Waals surface area contributed by atoms with Gasteiger partial charge in [-0.1, -0.05) is 13.8 Å². The van der Waals surface area contributed by atoms with Crippen molar-refractivity contribution in [1.82, 2.24) is 4.90 Å². The maximum Gasteiger partial charge on any atom is 0.410 e. The van der Waals surface area contributed by atoms with Crippen LogP contribution in [0.25, 0.3) is 0 Å². The smallest absolute Gasteiger partial charge is 0.410 e. The molecule has 20 heavy (non-hydrogen) atoms. The van der Waals surface area contributed by atoms with Crippen molar-refractivity contribution in [2.45, 2.75) is 65.5 Å². The SMILES string of the molecule is CC(C)(C)OC(=O)N1CCCCC1[C@@H]1[C@@H](CN)C1(C)C. The molecule has 0 aromatic carbocycles. The van der Waals surface area contributed by atoms with Crippen LogP contribution < -0.4 is 5.73 Å². The summed E-state index contributed by atoms with van der Waals surface area (Å²) in [5, 5.41) is 0. The van der Waals surface area contributed by atoms with Crippen LogP contribution in [-0.2, 0) is 4.74 Å². The second kappa shape index (κ2) is 5.21. The van der Waals surface area contributed by atoms with Crippen LogP contribution in [-0.4, -0.2) is 35.7 Å². The average molecular weight is 282 g/mol. The van der Waals surface area contributed by atoms with Crippen LogP contribution in [0, 0.1) is 17.3 Å². The Labute approximate surface area is 123 Å². The highest BCUT2D eigenvalue weighted by Crippen LogP contribution is 2.61. The van der Waals surface area contributed by atoms with Crippen LogP contribution in [0.15, 0.2) is 0 Å². The van der Waals surface area contributed by atoms with Gasteiger partial charge in [0.25, 0.3) is 0 Å². The second-order valence-corrected chi connectivity index (χ2v) is 7.93. The summed E-state index contributed by atoms with van der Waals surface area (Å²) in [5.41, 5.74) is 5.73. The van der Waals surface area contributed by atoms with E-state index in [1.807, 2.05) is 25.7 Å². The standard InChI is InChI=1S/C16H30N2O2/c1-15(2,3)20-14(19)18-9-7-6-8-12(18)13-11(10-17)16(13,4)5/h11-13H,6-10,17H2,1-5H3/t11-,12?,13+/m1/s1. The minimum atomic E-state index is -0.425. The van der Waals surface area contributed by atoms with E-state index >= 15 is 0 Å². The number of nitrogens with two attached hydrogens (primary N) is 1. The number of likely N-dealkylation sites (tertiary alicyclic amines) is 1. The third kappa shape index (κ3) is 2.95. The molecule has 1 aliphatic heterocycles. The molecule has 1 heterocycles. The predicted molar refractivity (Wildman–Crippen MR) is 80.4 cm³/mol. The van der Waals surface area contributed by atoms with E-state index in [0.29, 0.717) is 17.9 Å². The van der Waals surface area contributed by atoms with Gasteiger partial charge in [0.1, 0.15) is 5.60 Å². The van der Waals surface area contributed by atoms with Crippen LogP contribution in [0.1, 0.15) is 53.9 Å². The Balaban J connectivity index is 2.09. The van der Waals surface area contributed by atoms with Gasteiger partial charge in [-0.3, -0.25) is 0 Å². The molecule has 2 aliphatic rings. The molecule has 1 unspecified atom stereocenters. The molecule has 0 bridgehead atoms. The number of ether oxygens (including phenoxy) is 1. The molecular weight excluding hydrogens is 252 g/mol. The van der Waals surface area contributed by atoms with E-state index in [0.717, 1.165) is 25.9 Å². The predicted octanol–water partition coefficient (Wildman–Crippen LogP) is 3.01. The Morgan fingerprint density at radius 3 is 2.50 bits per heavy atom. The summed E-state index contributed by atoms with van der Waals surface area (Å²) in [6.07, 6.45) is 3.22. The van der Waals surface area contributed by atoms with E-state index in [2.05, 4.69) is 13.8 Å². The number of piperidine rings is 1. The molecule has 0 aromatic heterocycles. The summed E-state index contributed by atoms with van der Waals surface area (Å²) in [6, 6.07) is 0.308. The Kier molecular flexibility index (Phi) is 4.07. The first kappa shape index (κ1) is 15.6. The maximum atomic E-state index is 12.4. The lowest BCUT2D eigenvalue weighted by molar-refractivity contribution is 0.00516. The lowest BCUT2D eigenvalue weighted by atomic mass is 9.94. The molecule has 2 fully saturated rings. The molecule has 0 radical (unpaired) electrons. The molecule has 4 heteroatoms. The van der Waals surface area contributed by atoms with Gasteiger partial charge in [-0.15, -0.1) is 0 Å². The molecule has 2 rings (SSSR count). The van der Waals surface area contributed by atoms with Gasteiger partial charge in [-0.25, -0.2) is 4.79 Å². The number of hydrogen-bond acceptors (Lipinski definition) is 3. The molecule has 1 saturated heterocycles. The molecule has 4 nitrogen and oxygen atoms in total. The molecule has 116 valence electrons. The molecular formula is C16H30N2O2. The fraction of sp³-hybridized carbons (Fsp3) is 0.938. The van der Waals surface area contributed by atoms with Gasteiger partial charge in [0.2, 0.25) is 0 Å². The number of carbonyl (C=O) groups is 1. The maximum absolute atomic E-state index is 12.4. The van der Waals surface area contributed by atoms with Gasteiger partial charge < -0.3 is 15.4 Å². The summed E-state index contributed by atoms with van der Waals surface area (Å²) >= 11 is 0. The number of amides is 1. The molecule has 0 aromatic rings. The van der Waals surface area contributed by atoms with Crippen molar-refractivity contribution in [3.8, 4) is 0 Å². The van der Waals surface area contributed by atoms with Crippen molar-refractivity contribution in [1.29, 1.82) is 0 Å². The molecule has 1 amide bonds. The van der Waals surface area contributed by atoms with Crippen LogP contribution in [0.3, 0.4) is 0 Å². The Morgan fingerprint density at radius 2 is 2.00 bits per heavy atom. The van der Waals surface area contributed by atoms with E-state index in [1.54, 1.807) is 0 Å². The Morgan fingerprint density at radius 1 is 1.35 bits per heavy atom. The second-order valence-electron chi connectivity index (χ2n) is 7.93. The van der Waals surface area contributed by atoms with Gasteiger partial charge in [-0.05, 0) is 63.8 Å². The summed E-state index contributed by atoms with van der Waals surface area (Å²) in [5.74, 6) is 1.07. The van der Waals surface area contributed by atoms with Crippen LogP contribution >= 0.6 is 0 Å². The first-order chi connectivity index (χ1) is 9.18. The van der Waals surface area contributed by atoms with Gasteiger partial charge in [0.15, 0.2) is 0 Å². The van der Waals surface area contributed by atoms with Gasteiger partial charge in [0.05, 0.1) is 0 Å². The molecule has 0 spiro atoms. The highest BCUT2D eigenvalue weighted by molar-refractivity contribution is 5.69. The first-order valence-corrected chi connectivity index (χ1v) is 7.88.